The first-order valence-electron chi connectivity index (χ1n) is 8.63. The average molecular weight is 339 g/mol. The summed E-state index contributed by atoms with van der Waals surface area (Å²) in [5.74, 6) is -0.495. The van der Waals surface area contributed by atoms with E-state index in [1.165, 1.54) is 50.6 Å². The van der Waals surface area contributed by atoms with Crippen molar-refractivity contribution in [3.05, 3.63) is 34.6 Å². The first kappa shape index (κ1) is 16.7. The molecule has 0 radical (unpaired) electrons. The molecule has 0 N–H and O–H groups in total. The minimum absolute atomic E-state index is 0.0153. The number of halogens is 2. The molecule has 5 heteroatoms. The second-order valence-electron chi connectivity index (χ2n) is 6.61. The third-order valence-electron chi connectivity index (χ3n) is 5.03. The molecule has 0 bridgehead atoms. The van der Waals surface area contributed by atoms with Crippen LogP contribution in [0.5, 0.6) is 0 Å². The fraction of sp³-hybridized carbons (Fsp3) is 0.611. The summed E-state index contributed by atoms with van der Waals surface area (Å²) in [5, 5.41) is 0.0153. The lowest BCUT2D eigenvalue weighted by molar-refractivity contribution is 0.0588. The first-order chi connectivity index (χ1) is 11.1. The number of hydrogen-bond acceptors (Lipinski definition) is 2. The Morgan fingerprint density at radius 3 is 2.65 bits per heavy atom. The minimum atomic E-state index is -0.479. The van der Waals surface area contributed by atoms with Crippen LogP contribution in [0.4, 0.5) is 4.39 Å². The molecule has 1 atom stereocenters. The molecule has 2 heterocycles. The highest BCUT2D eigenvalue weighted by Crippen LogP contribution is 2.24. The van der Waals surface area contributed by atoms with E-state index in [1.54, 1.807) is 0 Å². The van der Waals surface area contributed by atoms with Gasteiger partial charge in [0, 0.05) is 24.7 Å². The molecule has 2 aliphatic heterocycles. The van der Waals surface area contributed by atoms with E-state index in [9.17, 15) is 9.18 Å². The van der Waals surface area contributed by atoms with Gasteiger partial charge in [0.2, 0.25) is 0 Å². The van der Waals surface area contributed by atoms with Crippen molar-refractivity contribution in [3.8, 4) is 0 Å². The number of nitrogens with zero attached hydrogens (tertiary/aromatic N) is 2. The summed E-state index contributed by atoms with van der Waals surface area (Å²) in [6.45, 7) is 4.24. The second-order valence-corrected chi connectivity index (χ2v) is 7.02. The molecular formula is C18H24ClFN2O. The van der Waals surface area contributed by atoms with Crippen molar-refractivity contribution in [3.63, 3.8) is 0 Å². The van der Waals surface area contributed by atoms with Gasteiger partial charge in [-0.2, -0.15) is 0 Å². The molecule has 0 saturated carbocycles. The summed E-state index contributed by atoms with van der Waals surface area (Å²) in [6.07, 6.45) is 6.90. The third kappa shape index (κ3) is 4.04. The largest absolute Gasteiger partial charge is 0.336 e. The van der Waals surface area contributed by atoms with Crippen molar-refractivity contribution in [2.24, 2.45) is 0 Å². The van der Waals surface area contributed by atoms with Crippen LogP contribution in [0.3, 0.4) is 0 Å². The number of amides is 1. The van der Waals surface area contributed by atoms with E-state index in [-0.39, 0.29) is 10.9 Å². The standard InChI is InChI=1S/C18H24ClFN2O/c19-16-13-14(6-7-17(16)20)18(23)22-11-2-1-5-15(22)8-12-21-9-3-4-10-21/h6-7,13,15H,1-5,8-12H2/t15-/m1/s1. The summed E-state index contributed by atoms with van der Waals surface area (Å²) in [6, 6.07) is 4.56. The van der Waals surface area contributed by atoms with E-state index in [1.807, 2.05) is 4.90 Å². The summed E-state index contributed by atoms with van der Waals surface area (Å²) in [5.41, 5.74) is 0.490. The zero-order valence-electron chi connectivity index (χ0n) is 13.4. The third-order valence-corrected chi connectivity index (χ3v) is 5.32. The van der Waals surface area contributed by atoms with E-state index in [4.69, 9.17) is 11.6 Å². The Labute approximate surface area is 142 Å². The number of rotatable bonds is 4. The van der Waals surface area contributed by atoms with Gasteiger partial charge in [-0.15, -0.1) is 0 Å². The maximum absolute atomic E-state index is 13.3. The molecule has 0 spiro atoms. The molecule has 0 aliphatic carbocycles. The Kier molecular flexibility index (Phi) is 5.54. The van der Waals surface area contributed by atoms with Crippen molar-refractivity contribution in [1.29, 1.82) is 0 Å². The van der Waals surface area contributed by atoms with Crippen molar-refractivity contribution < 1.29 is 9.18 Å². The summed E-state index contributed by atoms with van der Waals surface area (Å²) >= 11 is 5.83. The van der Waals surface area contributed by atoms with Gasteiger partial charge in [-0.3, -0.25) is 4.79 Å². The highest BCUT2D eigenvalue weighted by atomic mass is 35.5. The predicted molar refractivity (Wildman–Crippen MR) is 90.4 cm³/mol. The van der Waals surface area contributed by atoms with Gasteiger partial charge >= 0.3 is 0 Å². The van der Waals surface area contributed by atoms with Crippen molar-refractivity contribution in [2.45, 2.75) is 44.6 Å². The number of hydrogen-bond donors (Lipinski definition) is 0. The summed E-state index contributed by atoms with van der Waals surface area (Å²) in [7, 11) is 0. The Balaban J connectivity index is 1.66. The topological polar surface area (TPSA) is 23.6 Å². The number of carbonyl (C=O) groups is 1. The first-order valence-corrected chi connectivity index (χ1v) is 9.01. The van der Waals surface area contributed by atoms with E-state index >= 15 is 0 Å². The fourth-order valence-electron chi connectivity index (χ4n) is 3.70. The second kappa shape index (κ2) is 7.63. The molecule has 3 rings (SSSR count). The molecule has 1 amide bonds. The Bertz CT molecular complexity index is 560. The van der Waals surface area contributed by atoms with Crippen LogP contribution < -0.4 is 0 Å². The van der Waals surface area contributed by atoms with Crippen LogP contribution in [-0.2, 0) is 0 Å². The van der Waals surface area contributed by atoms with Crippen LogP contribution in [0.2, 0.25) is 5.02 Å². The predicted octanol–water partition coefficient (Wildman–Crippen LogP) is 3.96. The lowest BCUT2D eigenvalue weighted by Gasteiger charge is -2.36. The van der Waals surface area contributed by atoms with Gasteiger partial charge in [-0.25, -0.2) is 4.39 Å². The number of carbonyl (C=O) groups excluding carboxylic acids is 1. The summed E-state index contributed by atoms with van der Waals surface area (Å²) in [4.78, 5) is 17.3. The Morgan fingerprint density at radius 2 is 1.91 bits per heavy atom. The van der Waals surface area contributed by atoms with Gasteiger partial charge in [-0.05, 0) is 69.8 Å². The quantitative estimate of drug-likeness (QED) is 0.829. The minimum Gasteiger partial charge on any atom is -0.336 e. The molecule has 0 aromatic heterocycles. The van der Waals surface area contributed by atoms with Crippen LogP contribution in [0.15, 0.2) is 18.2 Å². The fourth-order valence-corrected chi connectivity index (χ4v) is 3.88. The zero-order chi connectivity index (χ0) is 16.2. The zero-order valence-corrected chi connectivity index (χ0v) is 14.2. The molecule has 1 aromatic carbocycles. The smallest absolute Gasteiger partial charge is 0.254 e. The molecule has 126 valence electrons. The lowest BCUT2D eigenvalue weighted by atomic mass is 9.98. The maximum Gasteiger partial charge on any atom is 0.254 e. The molecule has 3 nitrogen and oxygen atoms in total. The summed E-state index contributed by atoms with van der Waals surface area (Å²) < 4.78 is 13.3. The van der Waals surface area contributed by atoms with Gasteiger partial charge in [0.25, 0.3) is 5.91 Å². The number of benzene rings is 1. The highest BCUT2D eigenvalue weighted by molar-refractivity contribution is 6.31. The Morgan fingerprint density at radius 1 is 1.17 bits per heavy atom. The molecule has 2 fully saturated rings. The monoisotopic (exact) mass is 338 g/mol. The molecule has 1 aromatic rings. The maximum atomic E-state index is 13.3. The number of likely N-dealkylation sites (tertiary alicyclic amines) is 2. The highest BCUT2D eigenvalue weighted by Gasteiger charge is 2.28. The molecular weight excluding hydrogens is 315 g/mol. The van der Waals surface area contributed by atoms with E-state index < -0.39 is 5.82 Å². The van der Waals surface area contributed by atoms with Gasteiger partial charge < -0.3 is 9.80 Å². The van der Waals surface area contributed by atoms with Crippen LogP contribution in [0.25, 0.3) is 0 Å². The van der Waals surface area contributed by atoms with E-state index in [0.717, 1.165) is 32.4 Å². The van der Waals surface area contributed by atoms with Crippen LogP contribution in [0.1, 0.15) is 48.9 Å². The van der Waals surface area contributed by atoms with E-state index in [0.29, 0.717) is 11.6 Å². The normalized spacial score (nSPS) is 22.5. The lowest BCUT2D eigenvalue weighted by Crippen LogP contribution is -2.45. The van der Waals surface area contributed by atoms with Crippen molar-refractivity contribution >= 4 is 17.5 Å². The Hall–Kier alpha value is -1.13. The van der Waals surface area contributed by atoms with Crippen molar-refractivity contribution in [2.75, 3.05) is 26.2 Å². The molecule has 2 saturated heterocycles. The van der Waals surface area contributed by atoms with Crippen LogP contribution >= 0.6 is 11.6 Å². The van der Waals surface area contributed by atoms with Crippen LogP contribution in [0, 0.1) is 5.82 Å². The van der Waals surface area contributed by atoms with E-state index in [2.05, 4.69) is 4.90 Å². The van der Waals surface area contributed by atoms with Gasteiger partial charge in [0.05, 0.1) is 5.02 Å². The number of piperidine rings is 1. The van der Waals surface area contributed by atoms with Gasteiger partial charge in [-0.1, -0.05) is 11.6 Å². The van der Waals surface area contributed by atoms with Crippen molar-refractivity contribution in [1.82, 2.24) is 9.80 Å². The molecule has 0 unspecified atom stereocenters. The van der Waals surface area contributed by atoms with Crippen LogP contribution in [-0.4, -0.2) is 47.9 Å². The average Bonchev–Trinajstić information content (AvgIpc) is 3.08. The molecule has 2 aliphatic rings. The SMILES string of the molecule is O=C(c1ccc(F)c(Cl)c1)N1CCCC[C@@H]1CCN1CCCC1. The molecule has 23 heavy (non-hydrogen) atoms. The van der Waals surface area contributed by atoms with Gasteiger partial charge in [0.15, 0.2) is 0 Å². The van der Waals surface area contributed by atoms with Gasteiger partial charge in [0.1, 0.15) is 5.82 Å².